The molecule has 1 aliphatic heterocycles. The van der Waals surface area contributed by atoms with Crippen LogP contribution in [0.1, 0.15) is 72.1 Å². The van der Waals surface area contributed by atoms with Gasteiger partial charge in [0.05, 0.1) is 6.10 Å². The Balaban J connectivity index is 1.78. The summed E-state index contributed by atoms with van der Waals surface area (Å²) < 4.78 is 5.88. The van der Waals surface area contributed by atoms with E-state index in [0.29, 0.717) is 24.1 Å². The lowest BCUT2D eigenvalue weighted by atomic mass is 9.90. The van der Waals surface area contributed by atoms with Crippen LogP contribution in [0.4, 0.5) is 0 Å². The summed E-state index contributed by atoms with van der Waals surface area (Å²) >= 11 is 0. The van der Waals surface area contributed by atoms with Gasteiger partial charge in [0.1, 0.15) is 0 Å². The topological polar surface area (TPSA) is 21.3 Å². The van der Waals surface area contributed by atoms with E-state index in [9.17, 15) is 0 Å². The monoisotopic (exact) mass is 267 g/mol. The molecule has 2 nitrogen and oxygen atoms in total. The Bertz CT molecular complexity index is 246. The molecule has 1 saturated heterocycles. The van der Waals surface area contributed by atoms with Gasteiger partial charge in [-0.25, -0.2) is 0 Å². The third-order valence-corrected chi connectivity index (χ3v) is 5.16. The maximum Gasteiger partial charge on any atom is 0.0612 e. The summed E-state index contributed by atoms with van der Waals surface area (Å²) in [5.41, 5.74) is 0. The Morgan fingerprint density at radius 3 is 2.26 bits per heavy atom. The Labute approximate surface area is 119 Å². The van der Waals surface area contributed by atoms with Crippen molar-refractivity contribution >= 4 is 0 Å². The molecule has 2 rings (SSSR count). The third kappa shape index (κ3) is 4.75. The summed E-state index contributed by atoms with van der Waals surface area (Å²) in [7, 11) is 0. The number of hydrogen-bond donors (Lipinski definition) is 1. The molecule has 19 heavy (non-hydrogen) atoms. The first kappa shape index (κ1) is 15.3. The van der Waals surface area contributed by atoms with Crippen LogP contribution in [0, 0.1) is 11.8 Å². The summed E-state index contributed by atoms with van der Waals surface area (Å²) in [5, 5.41) is 3.92. The number of nitrogens with one attached hydrogen (secondary N) is 1. The van der Waals surface area contributed by atoms with Crippen molar-refractivity contribution in [3.05, 3.63) is 0 Å². The van der Waals surface area contributed by atoms with Crippen molar-refractivity contribution in [1.82, 2.24) is 5.32 Å². The normalized spacial score (nSPS) is 32.2. The van der Waals surface area contributed by atoms with E-state index in [0.717, 1.165) is 12.5 Å². The highest BCUT2D eigenvalue weighted by Gasteiger charge is 2.27. The second-order valence-corrected chi connectivity index (χ2v) is 7.08. The summed E-state index contributed by atoms with van der Waals surface area (Å²) in [6.07, 6.45) is 11.5. The lowest BCUT2D eigenvalue weighted by Gasteiger charge is -2.36. The molecule has 1 N–H and O–H groups in total. The van der Waals surface area contributed by atoms with Gasteiger partial charge in [-0.05, 0) is 44.4 Å². The fourth-order valence-electron chi connectivity index (χ4n) is 3.76. The second-order valence-electron chi connectivity index (χ2n) is 7.08. The summed E-state index contributed by atoms with van der Waals surface area (Å²) in [6, 6.07) is 1.37. The maximum absolute atomic E-state index is 5.88. The van der Waals surface area contributed by atoms with E-state index in [4.69, 9.17) is 4.74 Å². The average molecular weight is 267 g/mol. The summed E-state index contributed by atoms with van der Waals surface area (Å²) in [5.74, 6) is 1.56. The van der Waals surface area contributed by atoms with Gasteiger partial charge in [-0.15, -0.1) is 0 Å². The van der Waals surface area contributed by atoms with Crippen molar-refractivity contribution in [2.45, 2.75) is 90.3 Å². The predicted octanol–water partition coefficient (Wildman–Crippen LogP) is 4.14. The van der Waals surface area contributed by atoms with Gasteiger partial charge in [0.25, 0.3) is 0 Å². The molecule has 1 saturated carbocycles. The Hall–Kier alpha value is -0.0800. The van der Waals surface area contributed by atoms with E-state index in [1.807, 2.05) is 0 Å². The quantitative estimate of drug-likeness (QED) is 0.773. The zero-order valence-electron chi connectivity index (χ0n) is 13.2. The molecule has 0 amide bonds. The van der Waals surface area contributed by atoms with E-state index >= 15 is 0 Å². The van der Waals surface area contributed by atoms with E-state index in [-0.39, 0.29) is 0 Å². The molecule has 2 fully saturated rings. The van der Waals surface area contributed by atoms with Crippen LogP contribution in [0.5, 0.6) is 0 Å². The van der Waals surface area contributed by atoms with Gasteiger partial charge >= 0.3 is 0 Å². The van der Waals surface area contributed by atoms with Crippen LogP contribution in [0.3, 0.4) is 0 Å². The van der Waals surface area contributed by atoms with Gasteiger partial charge in [0.2, 0.25) is 0 Å². The molecule has 1 heterocycles. The highest BCUT2D eigenvalue weighted by molar-refractivity contribution is 4.83. The Kier molecular flexibility index (Phi) is 6.15. The van der Waals surface area contributed by atoms with Crippen LogP contribution in [0.25, 0.3) is 0 Å². The second kappa shape index (κ2) is 7.64. The highest BCUT2D eigenvalue weighted by Crippen LogP contribution is 2.27. The number of rotatable bonds is 4. The van der Waals surface area contributed by atoms with Crippen molar-refractivity contribution in [1.29, 1.82) is 0 Å². The van der Waals surface area contributed by atoms with E-state index in [1.165, 1.54) is 51.4 Å². The zero-order chi connectivity index (χ0) is 13.7. The zero-order valence-corrected chi connectivity index (χ0v) is 13.2. The van der Waals surface area contributed by atoms with Crippen LogP contribution in [-0.2, 0) is 4.74 Å². The van der Waals surface area contributed by atoms with Crippen molar-refractivity contribution in [2.24, 2.45) is 11.8 Å². The molecule has 2 aliphatic rings. The first-order valence-electron chi connectivity index (χ1n) is 8.54. The molecule has 112 valence electrons. The van der Waals surface area contributed by atoms with E-state index < -0.39 is 0 Å². The van der Waals surface area contributed by atoms with Crippen LogP contribution in [-0.4, -0.2) is 24.8 Å². The van der Waals surface area contributed by atoms with Crippen molar-refractivity contribution in [2.75, 3.05) is 6.61 Å². The van der Waals surface area contributed by atoms with Crippen molar-refractivity contribution < 1.29 is 4.74 Å². The average Bonchev–Trinajstić information content (AvgIpc) is 2.68. The lowest BCUT2D eigenvalue weighted by molar-refractivity contribution is -0.0267. The number of hydrogen-bond acceptors (Lipinski definition) is 2. The summed E-state index contributed by atoms with van der Waals surface area (Å²) in [6.45, 7) is 7.91. The SMILES string of the molecule is CC(C)C1CC(N[C@@H](C)C2CCCCCC2)CCO1. The van der Waals surface area contributed by atoms with Gasteiger partial charge in [0, 0.05) is 18.7 Å². The molecule has 0 aromatic rings. The van der Waals surface area contributed by atoms with Crippen LogP contribution < -0.4 is 5.32 Å². The largest absolute Gasteiger partial charge is 0.378 e. The minimum absolute atomic E-state index is 0.465. The van der Waals surface area contributed by atoms with E-state index in [2.05, 4.69) is 26.1 Å². The molecule has 3 atom stereocenters. The highest BCUT2D eigenvalue weighted by atomic mass is 16.5. The molecule has 1 aliphatic carbocycles. The maximum atomic E-state index is 5.88. The standard InChI is InChI=1S/C17H33NO/c1-13(2)17-12-16(10-11-19-17)18-14(3)15-8-6-4-5-7-9-15/h13-18H,4-12H2,1-3H3/t14-,16?,17?/m0/s1. The fourth-order valence-corrected chi connectivity index (χ4v) is 3.76. The van der Waals surface area contributed by atoms with Gasteiger partial charge in [-0.1, -0.05) is 39.5 Å². The molecule has 0 spiro atoms. The van der Waals surface area contributed by atoms with Crippen LogP contribution >= 0.6 is 0 Å². The van der Waals surface area contributed by atoms with Gasteiger partial charge in [-0.3, -0.25) is 0 Å². The van der Waals surface area contributed by atoms with Gasteiger partial charge < -0.3 is 10.1 Å². The molecule has 0 aromatic carbocycles. The minimum atomic E-state index is 0.465. The third-order valence-electron chi connectivity index (χ3n) is 5.16. The minimum Gasteiger partial charge on any atom is -0.378 e. The predicted molar refractivity (Wildman–Crippen MR) is 81.4 cm³/mol. The number of ether oxygens (including phenoxy) is 1. The Morgan fingerprint density at radius 2 is 1.63 bits per heavy atom. The van der Waals surface area contributed by atoms with Gasteiger partial charge in [-0.2, -0.15) is 0 Å². The molecule has 2 unspecified atom stereocenters. The van der Waals surface area contributed by atoms with Crippen molar-refractivity contribution in [3.8, 4) is 0 Å². The molecular formula is C17H33NO. The smallest absolute Gasteiger partial charge is 0.0612 e. The van der Waals surface area contributed by atoms with Crippen molar-refractivity contribution in [3.63, 3.8) is 0 Å². The molecule has 0 aromatic heterocycles. The van der Waals surface area contributed by atoms with Crippen LogP contribution in [0.2, 0.25) is 0 Å². The Morgan fingerprint density at radius 1 is 0.947 bits per heavy atom. The van der Waals surface area contributed by atoms with Gasteiger partial charge in [0.15, 0.2) is 0 Å². The fraction of sp³-hybridized carbons (Fsp3) is 1.00. The molecular weight excluding hydrogens is 234 g/mol. The molecule has 2 heteroatoms. The molecule has 0 radical (unpaired) electrons. The molecule has 0 bridgehead atoms. The van der Waals surface area contributed by atoms with E-state index in [1.54, 1.807) is 0 Å². The van der Waals surface area contributed by atoms with Crippen LogP contribution in [0.15, 0.2) is 0 Å². The summed E-state index contributed by atoms with van der Waals surface area (Å²) in [4.78, 5) is 0. The first-order valence-corrected chi connectivity index (χ1v) is 8.54. The first-order chi connectivity index (χ1) is 9.16. The lowest BCUT2D eigenvalue weighted by Crippen LogP contribution is -2.46.